The van der Waals surface area contributed by atoms with Crippen LogP contribution >= 0.6 is 0 Å². The fourth-order valence-electron chi connectivity index (χ4n) is 3.89. The summed E-state index contributed by atoms with van der Waals surface area (Å²) in [7, 11) is 0. The van der Waals surface area contributed by atoms with E-state index in [0.717, 1.165) is 25.0 Å². The number of amides is 1. The van der Waals surface area contributed by atoms with Gasteiger partial charge in [0.05, 0.1) is 0 Å². The second-order valence-corrected chi connectivity index (χ2v) is 8.24. The normalized spacial score (nSPS) is 27.9. The van der Waals surface area contributed by atoms with Crippen LogP contribution < -0.4 is 10.6 Å². The molecule has 2 atom stereocenters. The lowest BCUT2D eigenvalue weighted by atomic mass is 9.89. The lowest BCUT2D eigenvalue weighted by Crippen LogP contribution is -2.39. The van der Waals surface area contributed by atoms with Gasteiger partial charge >= 0.3 is 0 Å². The molecular weight excluding hydrogens is 276 g/mol. The van der Waals surface area contributed by atoms with E-state index in [1.807, 2.05) is 6.07 Å². The van der Waals surface area contributed by atoms with Gasteiger partial charge in [-0.3, -0.25) is 9.89 Å². The minimum absolute atomic E-state index is 0.0973. The minimum atomic E-state index is 0.0973. The molecule has 2 unspecified atom stereocenters. The van der Waals surface area contributed by atoms with Crippen LogP contribution in [0.5, 0.6) is 0 Å². The monoisotopic (exact) mass is 304 g/mol. The first-order chi connectivity index (χ1) is 10.4. The number of carbonyl (C=O) groups is 1. The van der Waals surface area contributed by atoms with E-state index in [9.17, 15) is 4.79 Å². The Morgan fingerprint density at radius 3 is 2.64 bits per heavy atom. The van der Waals surface area contributed by atoms with Crippen molar-refractivity contribution in [1.29, 1.82) is 0 Å². The third-order valence-electron chi connectivity index (χ3n) is 4.66. The second-order valence-electron chi connectivity index (χ2n) is 8.24. The topological polar surface area (TPSA) is 69.8 Å². The van der Waals surface area contributed by atoms with Crippen LogP contribution in [0.2, 0.25) is 0 Å². The molecule has 3 heterocycles. The summed E-state index contributed by atoms with van der Waals surface area (Å²) in [6, 6.07) is 3.23. The van der Waals surface area contributed by atoms with Crippen molar-refractivity contribution in [3.05, 3.63) is 11.8 Å². The van der Waals surface area contributed by atoms with Crippen LogP contribution in [0.15, 0.2) is 6.07 Å². The van der Waals surface area contributed by atoms with Gasteiger partial charge < -0.3 is 10.6 Å². The summed E-state index contributed by atoms with van der Waals surface area (Å²) in [5.41, 5.74) is 1.28. The first-order valence-electron chi connectivity index (χ1n) is 8.47. The molecule has 2 bridgehead atoms. The minimum Gasteiger partial charge on any atom is -0.311 e. The first-order valence-corrected chi connectivity index (χ1v) is 8.47. The summed E-state index contributed by atoms with van der Waals surface area (Å²) >= 11 is 0. The van der Waals surface area contributed by atoms with Gasteiger partial charge in [0.2, 0.25) is 5.91 Å². The zero-order chi connectivity index (χ0) is 15.7. The van der Waals surface area contributed by atoms with E-state index in [1.54, 1.807) is 0 Å². The van der Waals surface area contributed by atoms with Crippen LogP contribution in [0.1, 0.15) is 58.6 Å². The number of nitrogens with one attached hydrogen (secondary N) is 3. The zero-order valence-corrected chi connectivity index (χ0v) is 13.9. The van der Waals surface area contributed by atoms with E-state index in [4.69, 9.17) is 0 Å². The molecule has 22 heavy (non-hydrogen) atoms. The second kappa shape index (κ2) is 6.03. The third-order valence-corrected chi connectivity index (χ3v) is 4.66. The van der Waals surface area contributed by atoms with Crippen molar-refractivity contribution in [3.63, 3.8) is 0 Å². The molecule has 0 radical (unpaired) electrons. The molecule has 122 valence electrons. The third kappa shape index (κ3) is 4.09. The van der Waals surface area contributed by atoms with Gasteiger partial charge in [0.15, 0.2) is 5.82 Å². The van der Waals surface area contributed by atoms with Crippen LogP contribution in [-0.2, 0) is 11.2 Å². The van der Waals surface area contributed by atoms with Crippen molar-refractivity contribution in [2.24, 2.45) is 11.3 Å². The van der Waals surface area contributed by atoms with Crippen molar-refractivity contribution in [2.75, 3.05) is 5.32 Å². The van der Waals surface area contributed by atoms with Gasteiger partial charge in [-0.1, -0.05) is 20.8 Å². The fourth-order valence-corrected chi connectivity index (χ4v) is 3.89. The summed E-state index contributed by atoms with van der Waals surface area (Å²) in [5, 5.41) is 13.8. The predicted molar refractivity (Wildman–Crippen MR) is 87.7 cm³/mol. The van der Waals surface area contributed by atoms with Crippen LogP contribution in [0.3, 0.4) is 0 Å². The average molecular weight is 304 g/mol. The van der Waals surface area contributed by atoms with E-state index in [1.165, 1.54) is 12.8 Å². The quantitative estimate of drug-likeness (QED) is 0.801. The highest BCUT2D eigenvalue weighted by Crippen LogP contribution is 2.32. The molecule has 2 aliphatic rings. The van der Waals surface area contributed by atoms with Crippen molar-refractivity contribution in [2.45, 2.75) is 71.4 Å². The molecule has 0 spiro atoms. The molecule has 1 aromatic rings. The fraction of sp³-hybridized carbons (Fsp3) is 0.765. The summed E-state index contributed by atoms with van der Waals surface area (Å²) in [4.78, 5) is 12.2. The molecule has 3 rings (SSSR count). The number of hydrogen-bond donors (Lipinski definition) is 3. The molecule has 5 heteroatoms. The number of aromatic amines is 1. The van der Waals surface area contributed by atoms with Gasteiger partial charge in [0, 0.05) is 30.3 Å². The molecule has 5 nitrogen and oxygen atoms in total. The largest absolute Gasteiger partial charge is 0.311 e. The lowest BCUT2D eigenvalue weighted by molar-refractivity contribution is -0.117. The number of nitrogens with zero attached hydrogens (tertiary/aromatic N) is 1. The number of fused-ring (bicyclic) bond motifs is 2. The van der Waals surface area contributed by atoms with Crippen molar-refractivity contribution in [3.8, 4) is 0 Å². The molecule has 2 aliphatic heterocycles. The number of hydrogen-bond acceptors (Lipinski definition) is 3. The molecule has 0 aliphatic carbocycles. The Morgan fingerprint density at radius 1 is 1.32 bits per heavy atom. The molecule has 1 amide bonds. The Balaban J connectivity index is 1.49. The van der Waals surface area contributed by atoms with Crippen LogP contribution in [0, 0.1) is 11.3 Å². The van der Waals surface area contributed by atoms with E-state index < -0.39 is 0 Å². The van der Waals surface area contributed by atoms with Crippen molar-refractivity contribution < 1.29 is 4.79 Å². The zero-order valence-electron chi connectivity index (χ0n) is 13.9. The summed E-state index contributed by atoms with van der Waals surface area (Å²) in [6.45, 7) is 6.58. The standard InChI is InChI=1S/C17H28N4O/c1-17(2,3)10-14-9-15(21-20-14)19-16(22)8-11-6-12-4-5-13(7-11)18-12/h9,11-13,18H,4-8,10H2,1-3H3,(H2,19,20,21,22). The predicted octanol–water partition coefficient (Wildman–Crippen LogP) is 2.86. The molecule has 0 aromatic carbocycles. The highest BCUT2D eigenvalue weighted by molar-refractivity contribution is 5.89. The van der Waals surface area contributed by atoms with Gasteiger partial charge in [-0.15, -0.1) is 0 Å². The molecule has 2 fully saturated rings. The summed E-state index contributed by atoms with van der Waals surface area (Å²) in [5.74, 6) is 1.27. The Bertz CT molecular complexity index is 519. The summed E-state index contributed by atoms with van der Waals surface area (Å²) < 4.78 is 0. The molecular formula is C17H28N4O. The SMILES string of the molecule is CC(C)(C)Cc1cc(NC(=O)CC2CC3CCC(C2)N3)n[nH]1. The van der Waals surface area contributed by atoms with Crippen molar-refractivity contribution >= 4 is 11.7 Å². The van der Waals surface area contributed by atoms with E-state index in [-0.39, 0.29) is 11.3 Å². The Kier molecular flexibility index (Phi) is 4.26. The molecule has 3 N–H and O–H groups in total. The molecule has 2 saturated heterocycles. The highest BCUT2D eigenvalue weighted by atomic mass is 16.1. The number of H-pyrrole nitrogens is 1. The highest BCUT2D eigenvalue weighted by Gasteiger charge is 2.34. The molecule has 0 saturated carbocycles. The van der Waals surface area contributed by atoms with E-state index >= 15 is 0 Å². The van der Waals surface area contributed by atoms with E-state index in [2.05, 4.69) is 41.6 Å². The Hall–Kier alpha value is -1.36. The van der Waals surface area contributed by atoms with Crippen molar-refractivity contribution in [1.82, 2.24) is 15.5 Å². The maximum absolute atomic E-state index is 12.2. The Labute approximate surface area is 132 Å². The maximum Gasteiger partial charge on any atom is 0.225 e. The van der Waals surface area contributed by atoms with Gasteiger partial charge in [-0.2, -0.15) is 5.10 Å². The van der Waals surface area contributed by atoms with Crippen LogP contribution in [0.4, 0.5) is 5.82 Å². The smallest absolute Gasteiger partial charge is 0.225 e. The number of rotatable bonds is 4. The number of aromatic nitrogens is 2. The van der Waals surface area contributed by atoms with Gasteiger partial charge in [0.1, 0.15) is 0 Å². The van der Waals surface area contributed by atoms with Crippen LogP contribution in [-0.4, -0.2) is 28.2 Å². The van der Waals surface area contributed by atoms with E-state index in [0.29, 0.717) is 30.2 Å². The Morgan fingerprint density at radius 2 is 2.00 bits per heavy atom. The molecule has 1 aromatic heterocycles. The summed E-state index contributed by atoms with van der Waals surface area (Å²) in [6.07, 6.45) is 6.37. The average Bonchev–Trinajstić information content (AvgIpc) is 2.94. The number of piperidine rings is 1. The maximum atomic E-state index is 12.2. The first kappa shape index (κ1) is 15.5. The number of carbonyl (C=O) groups excluding carboxylic acids is 1. The number of anilines is 1. The van der Waals surface area contributed by atoms with Gasteiger partial charge in [-0.25, -0.2) is 0 Å². The van der Waals surface area contributed by atoms with Gasteiger partial charge in [0.25, 0.3) is 0 Å². The van der Waals surface area contributed by atoms with Gasteiger partial charge in [-0.05, 0) is 43.4 Å². The lowest BCUT2D eigenvalue weighted by Gasteiger charge is -2.28. The van der Waals surface area contributed by atoms with Crippen LogP contribution in [0.25, 0.3) is 0 Å².